The summed E-state index contributed by atoms with van der Waals surface area (Å²) in [6.45, 7) is 6.01. The molecule has 2 fully saturated rings. The van der Waals surface area contributed by atoms with Crippen LogP contribution in [-0.4, -0.2) is 59.1 Å². The Morgan fingerprint density at radius 3 is 2.38 bits per heavy atom. The van der Waals surface area contributed by atoms with Crippen molar-refractivity contribution < 1.29 is 9.90 Å². The van der Waals surface area contributed by atoms with Crippen LogP contribution >= 0.6 is 0 Å². The highest BCUT2D eigenvalue weighted by molar-refractivity contribution is 5.73. The molecule has 0 amide bonds. The predicted molar refractivity (Wildman–Crippen MR) is 62.5 cm³/mol. The van der Waals surface area contributed by atoms with Gasteiger partial charge in [0.2, 0.25) is 0 Å². The average Bonchev–Trinajstić information content (AvgIpc) is 3.10. The third-order valence-corrected chi connectivity index (χ3v) is 3.70. The van der Waals surface area contributed by atoms with E-state index in [1.807, 2.05) is 0 Å². The summed E-state index contributed by atoms with van der Waals surface area (Å²) < 4.78 is 0. The van der Waals surface area contributed by atoms with E-state index >= 15 is 0 Å². The first kappa shape index (κ1) is 11.9. The minimum absolute atomic E-state index is 0.258. The molecule has 1 heterocycles. The van der Waals surface area contributed by atoms with Gasteiger partial charge >= 0.3 is 5.97 Å². The molecule has 2 aliphatic rings. The summed E-state index contributed by atoms with van der Waals surface area (Å²) in [4.78, 5) is 15.8. The number of nitrogens with zero attached hydrogens (tertiary/aromatic N) is 2. The number of aliphatic carboxylic acids is 1. The lowest BCUT2D eigenvalue weighted by molar-refractivity contribution is -0.144. The van der Waals surface area contributed by atoms with Crippen LogP contribution in [0.3, 0.4) is 0 Å². The maximum absolute atomic E-state index is 11.2. The Morgan fingerprint density at radius 1 is 1.31 bits per heavy atom. The van der Waals surface area contributed by atoms with Crippen molar-refractivity contribution in [2.24, 2.45) is 0 Å². The molecule has 0 spiro atoms. The monoisotopic (exact) mass is 226 g/mol. The molecule has 1 saturated heterocycles. The van der Waals surface area contributed by atoms with Gasteiger partial charge in [0.25, 0.3) is 0 Å². The third kappa shape index (κ3) is 2.74. The van der Waals surface area contributed by atoms with Crippen molar-refractivity contribution in [3.8, 4) is 0 Å². The Morgan fingerprint density at radius 2 is 1.94 bits per heavy atom. The van der Waals surface area contributed by atoms with Crippen LogP contribution in [0.25, 0.3) is 0 Å². The van der Waals surface area contributed by atoms with Gasteiger partial charge in [-0.05, 0) is 19.3 Å². The van der Waals surface area contributed by atoms with Gasteiger partial charge in [-0.1, -0.05) is 13.3 Å². The Labute approximate surface area is 97.2 Å². The molecule has 0 radical (unpaired) electrons. The summed E-state index contributed by atoms with van der Waals surface area (Å²) in [5, 5.41) is 9.19. The molecule has 0 aromatic heterocycles. The summed E-state index contributed by atoms with van der Waals surface area (Å²) in [6, 6.07) is 0.558. The van der Waals surface area contributed by atoms with Gasteiger partial charge in [0.15, 0.2) is 0 Å². The van der Waals surface area contributed by atoms with Gasteiger partial charge in [0.05, 0.1) is 0 Å². The van der Waals surface area contributed by atoms with Gasteiger partial charge in [-0.3, -0.25) is 14.6 Å². The summed E-state index contributed by atoms with van der Waals surface area (Å²) in [7, 11) is 0. The number of carboxylic acids is 1. The Hall–Kier alpha value is -0.610. The van der Waals surface area contributed by atoms with Crippen molar-refractivity contribution in [3.63, 3.8) is 0 Å². The van der Waals surface area contributed by atoms with Crippen molar-refractivity contribution in [1.82, 2.24) is 9.80 Å². The van der Waals surface area contributed by atoms with Crippen molar-refractivity contribution in [2.75, 3.05) is 26.2 Å². The largest absolute Gasteiger partial charge is 0.480 e. The smallest absolute Gasteiger partial charge is 0.320 e. The zero-order valence-corrected chi connectivity index (χ0v) is 10.1. The predicted octanol–water partition coefficient (Wildman–Crippen LogP) is 1.02. The molecular weight excluding hydrogens is 204 g/mol. The molecule has 2 rings (SSSR count). The van der Waals surface area contributed by atoms with Crippen LogP contribution < -0.4 is 0 Å². The fourth-order valence-electron chi connectivity index (χ4n) is 2.59. The van der Waals surface area contributed by atoms with Crippen molar-refractivity contribution in [2.45, 2.75) is 44.7 Å². The quantitative estimate of drug-likeness (QED) is 0.760. The second kappa shape index (κ2) is 5.15. The number of hydrogen-bond donors (Lipinski definition) is 1. The minimum atomic E-state index is -0.651. The lowest BCUT2D eigenvalue weighted by atomic mass is 10.1. The number of carbonyl (C=O) groups is 1. The highest BCUT2D eigenvalue weighted by Crippen LogP contribution is 2.27. The molecular formula is C12H22N2O2. The van der Waals surface area contributed by atoms with Crippen molar-refractivity contribution in [3.05, 3.63) is 0 Å². The van der Waals surface area contributed by atoms with Gasteiger partial charge in [-0.25, -0.2) is 0 Å². The summed E-state index contributed by atoms with van der Waals surface area (Å²) in [6.07, 6.45) is 4.41. The van der Waals surface area contributed by atoms with E-state index in [-0.39, 0.29) is 6.04 Å². The summed E-state index contributed by atoms with van der Waals surface area (Å²) >= 11 is 0. The van der Waals surface area contributed by atoms with E-state index in [1.165, 1.54) is 12.8 Å². The van der Waals surface area contributed by atoms with Crippen LogP contribution in [0.1, 0.15) is 32.6 Å². The molecule has 1 unspecified atom stereocenters. The second-order valence-electron chi connectivity index (χ2n) is 4.95. The average molecular weight is 226 g/mol. The molecule has 4 heteroatoms. The van der Waals surface area contributed by atoms with E-state index in [0.717, 1.165) is 45.1 Å². The molecule has 0 aromatic carbocycles. The SMILES string of the molecule is CCCC(C(=O)O)N1CCN(C2CC2)CC1. The zero-order valence-electron chi connectivity index (χ0n) is 10.1. The maximum Gasteiger partial charge on any atom is 0.320 e. The van der Waals surface area contributed by atoms with E-state index in [4.69, 9.17) is 0 Å². The van der Waals surface area contributed by atoms with Gasteiger partial charge in [-0.15, -0.1) is 0 Å². The lowest BCUT2D eigenvalue weighted by Crippen LogP contribution is -2.53. The first-order chi connectivity index (χ1) is 7.72. The second-order valence-corrected chi connectivity index (χ2v) is 4.95. The molecule has 1 aliphatic heterocycles. The van der Waals surface area contributed by atoms with E-state index < -0.39 is 5.97 Å². The minimum Gasteiger partial charge on any atom is -0.480 e. The molecule has 1 saturated carbocycles. The summed E-state index contributed by atoms with van der Waals surface area (Å²) in [5.74, 6) is -0.651. The van der Waals surface area contributed by atoms with Crippen molar-refractivity contribution >= 4 is 5.97 Å². The molecule has 1 aliphatic carbocycles. The highest BCUT2D eigenvalue weighted by Gasteiger charge is 2.34. The zero-order chi connectivity index (χ0) is 11.5. The standard InChI is InChI=1S/C12H22N2O2/c1-2-3-11(12(15)16)14-8-6-13(7-9-14)10-4-5-10/h10-11H,2-9H2,1H3,(H,15,16). The Balaban J connectivity index is 1.83. The topological polar surface area (TPSA) is 43.8 Å². The van der Waals surface area contributed by atoms with Gasteiger partial charge < -0.3 is 5.11 Å². The van der Waals surface area contributed by atoms with Crippen LogP contribution in [-0.2, 0) is 4.79 Å². The van der Waals surface area contributed by atoms with E-state index in [2.05, 4.69) is 16.7 Å². The Bertz CT molecular complexity index is 245. The van der Waals surface area contributed by atoms with Crippen molar-refractivity contribution in [1.29, 1.82) is 0 Å². The molecule has 0 aromatic rings. The fourth-order valence-corrected chi connectivity index (χ4v) is 2.59. The van der Waals surface area contributed by atoms with E-state index in [1.54, 1.807) is 0 Å². The number of rotatable bonds is 5. The van der Waals surface area contributed by atoms with Crippen LogP contribution in [0.2, 0.25) is 0 Å². The fraction of sp³-hybridized carbons (Fsp3) is 0.917. The number of carboxylic acid groups (broad SMARTS) is 1. The number of piperazine rings is 1. The van der Waals surface area contributed by atoms with Crippen LogP contribution in [0.4, 0.5) is 0 Å². The summed E-state index contributed by atoms with van der Waals surface area (Å²) in [5.41, 5.74) is 0. The maximum atomic E-state index is 11.2. The van der Waals surface area contributed by atoms with Gasteiger partial charge in [-0.2, -0.15) is 0 Å². The number of hydrogen-bond acceptors (Lipinski definition) is 3. The molecule has 4 nitrogen and oxygen atoms in total. The van der Waals surface area contributed by atoms with E-state index in [9.17, 15) is 9.90 Å². The van der Waals surface area contributed by atoms with Crippen LogP contribution in [0.5, 0.6) is 0 Å². The Kier molecular flexibility index (Phi) is 3.82. The van der Waals surface area contributed by atoms with E-state index in [0.29, 0.717) is 0 Å². The van der Waals surface area contributed by atoms with Gasteiger partial charge in [0.1, 0.15) is 6.04 Å². The third-order valence-electron chi connectivity index (χ3n) is 3.70. The molecule has 92 valence electrons. The molecule has 16 heavy (non-hydrogen) atoms. The molecule has 1 N–H and O–H groups in total. The first-order valence-corrected chi connectivity index (χ1v) is 6.43. The highest BCUT2D eigenvalue weighted by atomic mass is 16.4. The lowest BCUT2D eigenvalue weighted by Gasteiger charge is -2.37. The normalized spacial score (nSPS) is 25.6. The van der Waals surface area contributed by atoms with Gasteiger partial charge in [0, 0.05) is 32.2 Å². The molecule has 1 atom stereocenters. The van der Waals surface area contributed by atoms with Crippen LogP contribution in [0, 0.1) is 0 Å². The molecule has 0 bridgehead atoms. The van der Waals surface area contributed by atoms with Crippen LogP contribution in [0.15, 0.2) is 0 Å². The first-order valence-electron chi connectivity index (χ1n) is 6.43.